The molecule has 0 aromatic carbocycles. The molecule has 162 valence electrons. The molecule has 0 bridgehead atoms. The third kappa shape index (κ3) is 25.7. The maximum Gasteiger partial charge on any atom is 0.333 e. The fraction of sp³-hybridized carbons (Fsp3) is 0.500. The zero-order valence-electron chi connectivity index (χ0n) is 16.4. The molecule has 0 radical (unpaired) electrons. The van der Waals surface area contributed by atoms with Crippen LogP contribution in [0.25, 0.3) is 0 Å². The predicted octanol–water partition coefficient (Wildman–Crippen LogP) is 0.131. The third-order valence-corrected chi connectivity index (χ3v) is 2.30. The highest BCUT2D eigenvalue weighted by atomic mass is 16.6. The van der Waals surface area contributed by atoms with Crippen LogP contribution in [0.3, 0.4) is 0 Å². The van der Waals surface area contributed by atoms with Gasteiger partial charge < -0.3 is 35.0 Å². The first-order valence-electron chi connectivity index (χ1n) is 7.91. The Kier molecular flexibility index (Phi) is 19.3. The van der Waals surface area contributed by atoms with Gasteiger partial charge in [0.2, 0.25) is 0 Å². The zero-order chi connectivity index (χ0) is 22.9. The topological polar surface area (TPSA) is 174 Å². The second-order valence-electron chi connectivity index (χ2n) is 5.52. The molecule has 0 saturated carbocycles. The van der Waals surface area contributed by atoms with Crippen molar-refractivity contribution in [3.05, 3.63) is 36.5 Å². The molecule has 1 atom stereocenters. The first-order valence-corrected chi connectivity index (χ1v) is 7.91. The maximum atomic E-state index is 10.7. The third-order valence-electron chi connectivity index (χ3n) is 2.30. The Balaban J connectivity index is -0.000000309. The quantitative estimate of drug-likeness (QED) is 0.222. The molecule has 1 heterocycles. The lowest BCUT2D eigenvalue weighted by molar-refractivity contribution is -0.139. The standard InChI is InChI=1S/C7H10O3.2C4H6O2.C3H8O3/c1-5(2)7(8)10-4-6-3-9-6;2*1-3(2)4(5)6;4-1-3(6)2-5/h6H,1,3-4H2,2H3;2*1H2,2H3,(H,5,6);3-6H,1-2H2. The predicted molar refractivity (Wildman–Crippen MR) is 101 cm³/mol. The summed E-state index contributed by atoms with van der Waals surface area (Å²) in [6.45, 7) is 14.6. The molecule has 10 nitrogen and oxygen atoms in total. The normalized spacial score (nSPS) is 13.2. The van der Waals surface area contributed by atoms with Gasteiger partial charge in [0.15, 0.2) is 0 Å². The SMILES string of the molecule is C=C(C)C(=O)O.C=C(C)C(=O)O.C=C(C)C(=O)OCC1CO1.OCC(O)CO. The molecule has 1 unspecified atom stereocenters. The van der Waals surface area contributed by atoms with Gasteiger partial charge in [-0.1, -0.05) is 19.7 Å². The number of aliphatic carboxylic acids is 2. The van der Waals surface area contributed by atoms with Crippen LogP contribution in [0.1, 0.15) is 20.8 Å². The van der Waals surface area contributed by atoms with Crippen LogP contribution in [0, 0.1) is 0 Å². The van der Waals surface area contributed by atoms with E-state index in [4.69, 9.17) is 35.0 Å². The summed E-state index contributed by atoms with van der Waals surface area (Å²) in [6.07, 6.45) is -0.812. The highest BCUT2D eigenvalue weighted by Crippen LogP contribution is 2.09. The van der Waals surface area contributed by atoms with Gasteiger partial charge in [-0.2, -0.15) is 0 Å². The average Bonchev–Trinajstić information content (AvgIpc) is 3.44. The van der Waals surface area contributed by atoms with Gasteiger partial charge in [-0.25, -0.2) is 14.4 Å². The van der Waals surface area contributed by atoms with E-state index in [9.17, 15) is 14.4 Å². The molecule has 0 spiro atoms. The molecule has 0 amide bonds. The highest BCUT2D eigenvalue weighted by Gasteiger charge is 2.24. The Morgan fingerprint density at radius 2 is 1.29 bits per heavy atom. The number of aliphatic hydroxyl groups is 3. The average molecular weight is 406 g/mol. The summed E-state index contributed by atoms with van der Waals surface area (Å²) in [7, 11) is 0. The van der Waals surface area contributed by atoms with Gasteiger partial charge in [0.25, 0.3) is 0 Å². The van der Waals surface area contributed by atoms with Crippen LogP contribution < -0.4 is 0 Å². The molecule has 28 heavy (non-hydrogen) atoms. The summed E-state index contributed by atoms with van der Waals surface area (Å²) in [5, 5.41) is 39.8. The molecule has 0 aliphatic carbocycles. The maximum absolute atomic E-state index is 10.7. The number of esters is 1. The van der Waals surface area contributed by atoms with Gasteiger partial charge in [0.1, 0.15) is 18.8 Å². The van der Waals surface area contributed by atoms with Crippen molar-refractivity contribution in [1.29, 1.82) is 0 Å². The minimum absolute atomic E-state index is 0.142. The summed E-state index contributed by atoms with van der Waals surface area (Å²) in [4.78, 5) is 29.9. The number of hydrogen-bond acceptors (Lipinski definition) is 8. The van der Waals surface area contributed by atoms with E-state index in [0.717, 1.165) is 0 Å². The fourth-order valence-corrected chi connectivity index (χ4v) is 0.514. The summed E-state index contributed by atoms with van der Waals surface area (Å²) in [5.74, 6) is -2.21. The van der Waals surface area contributed by atoms with Crippen molar-refractivity contribution in [3.63, 3.8) is 0 Å². The highest BCUT2D eigenvalue weighted by molar-refractivity contribution is 5.87. The van der Waals surface area contributed by atoms with Crippen molar-refractivity contribution in [2.75, 3.05) is 26.4 Å². The van der Waals surface area contributed by atoms with Gasteiger partial charge >= 0.3 is 17.9 Å². The van der Waals surface area contributed by atoms with Crippen LogP contribution >= 0.6 is 0 Å². The van der Waals surface area contributed by atoms with Gasteiger partial charge in [-0.05, 0) is 20.8 Å². The van der Waals surface area contributed by atoms with Crippen molar-refractivity contribution in [3.8, 4) is 0 Å². The van der Waals surface area contributed by atoms with Crippen molar-refractivity contribution in [2.24, 2.45) is 0 Å². The Morgan fingerprint density at radius 3 is 1.43 bits per heavy atom. The lowest BCUT2D eigenvalue weighted by atomic mass is 10.4. The summed E-state index contributed by atoms with van der Waals surface area (Å²) < 4.78 is 9.60. The Bertz CT molecular complexity index is 482. The number of carboxylic acid groups (broad SMARTS) is 2. The van der Waals surface area contributed by atoms with Gasteiger partial charge in [0.05, 0.1) is 19.8 Å². The van der Waals surface area contributed by atoms with Crippen LogP contribution in [-0.4, -0.2) is 82.1 Å². The number of hydrogen-bond donors (Lipinski definition) is 5. The van der Waals surface area contributed by atoms with Crippen molar-refractivity contribution in [2.45, 2.75) is 33.0 Å². The van der Waals surface area contributed by atoms with Gasteiger partial charge in [-0.15, -0.1) is 0 Å². The van der Waals surface area contributed by atoms with E-state index in [0.29, 0.717) is 18.8 Å². The van der Waals surface area contributed by atoms with E-state index < -0.39 is 18.0 Å². The first kappa shape index (κ1) is 30.2. The van der Waals surface area contributed by atoms with E-state index in [1.54, 1.807) is 6.92 Å². The number of epoxide rings is 1. The Labute approximate surface area is 164 Å². The van der Waals surface area contributed by atoms with Gasteiger partial charge in [-0.3, -0.25) is 0 Å². The minimum Gasteiger partial charge on any atom is -0.478 e. The summed E-state index contributed by atoms with van der Waals surface area (Å²) >= 11 is 0. The lowest BCUT2D eigenvalue weighted by Gasteiger charge is -1.99. The van der Waals surface area contributed by atoms with Crippen LogP contribution in [0.2, 0.25) is 0 Å². The monoisotopic (exact) mass is 406 g/mol. The zero-order valence-corrected chi connectivity index (χ0v) is 16.4. The molecule has 1 aliphatic heterocycles. The van der Waals surface area contributed by atoms with Crippen LogP contribution in [0.4, 0.5) is 0 Å². The molecule has 1 saturated heterocycles. The molecule has 10 heteroatoms. The van der Waals surface area contributed by atoms with Crippen molar-refractivity contribution < 1.29 is 49.4 Å². The number of rotatable bonds is 7. The molecule has 5 N–H and O–H groups in total. The molecule has 0 aromatic rings. The van der Waals surface area contributed by atoms with E-state index in [1.165, 1.54) is 13.8 Å². The van der Waals surface area contributed by atoms with Crippen LogP contribution in [-0.2, 0) is 23.9 Å². The second-order valence-corrected chi connectivity index (χ2v) is 5.52. The Morgan fingerprint density at radius 1 is 0.964 bits per heavy atom. The van der Waals surface area contributed by atoms with Crippen LogP contribution in [0.15, 0.2) is 36.5 Å². The fourth-order valence-electron chi connectivity index (χ4n) is 0.514. The number of carbonyl (C=O) groups excluding carboxylic acids is 1. The minimum atomic E-state index is -0.954. The second kappa shape index (κ2) is 17.9. The Hall–Kier alpha value is -2.53. The first-order chi connectivity index (χ1) is 12.8. The molecular weight excluding hydrogens is 376 g/mol. The lowest BCUT2D eigenvalue weighted by Crippen LogP contribution is -2.15. The van der Waals surface area contributed by atoms with E-state index in [-0.39, 0.29) is 36.4 Å². The number of aliphatic hydroxyl groups excluding tert-OH is 3. The number of ether oxygens (including phenoxy) is 2. The van der Waals surface area contributed by atoms with E-state index in [1.807, 2.05) is 0 Å². The largest absolute Gasteiger partial charge is 0.478 e. The summed E-state index contributed by atoms with van der Waals surface area (Å²) in [6, 6.07) is 0. The molecule has 1 rings (SSSR count). The molecule has 0 aromatic heterocycles. The van der Waals surface area contributed by atoms with Crippen molar-refractivity contribution in [1.82, 2.24) is 0 Å². The van der Waals surface area contributed by atoms with Gasteiger partial charge in [0, 0.05) is 16.7 Å². The number of carbonyl (C=O) groups is 3. The van der Waals surface area contributed by atoms with E-state index in [2.05, 4.69) is 19.7 Å². The number of carboxylic acids is 2. The van der Waals surface area contributed by atoms with E-state index >= 15 is 0 Å². The van der Waals surface area contributed by atoms with Crippen molar-refractivity contribution >= 4 is 17.9 Å². The van der Waals surface area contributed by atoms with Crippen LogP contribution in [0.5, 0.6) is 0 Å². The summed E-state index contributed by atoms with van der Waals surface area (Å²) in [5.41, 5.74) is 0.783. The molecule has 1 aliphatic rings. The molecular formula is C18H30O10. The molecule has 1 fully saturated rings. The smallest absolute Gasteiger partial charge is 0.333 e.